The van der Waals surface area contributed by atoms with Gasteiger partial charge in [0.15, 0.2) is 0 Å². The Labute approximate surface area is 127 Å². The molecule has 0 radical (unpaired) electrons. The third-order valence-electron chi connectivity index (χ3n) is 3.26. The number of hydrogen-bond donors (Lipinski definition) is 1. The number of hydrogen-bond acceptors (Lipinski definition) is 3. The minimum Gasteiger partial charge on any atom is -0.450 e. The molecule has 0 aliphatic carbocycles. The number of likely N-dealkylation sites (N-methyl/N-ethyl adjacent to an activating group) is 1. The number of nitrogens with one attached hydrogen (secondary N) is 1. The average molecular weight is 339 g/mol. The largest absolute Gasteiger partial charge is 0.450 e. The van der Waals surface area contributed by atoms with Gasteiger partial charge in [0, 0.05) is 23.3 Å². The second kappa shape index (κ2) is 6.90. The number of benzene rings is 1. The highest BCUT2D eigenvalue weighted by Gasteiger charge is 2.19. The van der Waals surface area contributed by atoms with Crippen molar-refractivity contribution in [2.75, 3.05) is 26.7 Å². The summed E-state index contributed by atoms with van der Waals surface area (Å²) in [5.74, 6) is 0. The number of ether oxygens (including phenoxy) is 1. The van der Waals surface area contributed by atoms with E-state index in [9.17, 15) is 4.79 Å². The van der Waals surface area contributed by atoms with E-state index >= 15 is 0 Å². The number of carbonyl (C=O) groups is 1. The molecule has 1 amide bonds. The summed E-state index contributed by atoms with van der Waals surface area (Å²) >= 11 is 3.44. The van der Waals surface area contributed by atoms with Crippen LogP contribution in [0.4, 0.5) is 4.79 Å². The summed E-state index contributed by atoms with van der Waals surface area (Å²) in [6.07, 6.45) is 0.535. The predicted molar refractivity (Wildman–Crippen MR) is 83.3 cm³/mol. The third-order valence-corrected chi connectivity index (χ3v) is 3.79. The van der Waals surface area contributed by atoms with Crippen LogP contribution in [0.3, 0.4) is 0 Å². The van der Waals surface area contributed by atoms with Gasteiger partial charge in [0.05, 0.1) is 6.61 Å². The summed E-state index contributed by atoms with van der Waals surface area (Å²) in [5.41, 5.74) is 3.26. The van der Waals surface area contributed by atoms with Crippen molar-refractivity contribution < 1.29 is 9.53 Å². The number of nitrogens with zero attached hydrogens (tertiary/aromatic N) is 1. The molecule has 2 rings (SSSR count). The van der Waals surface area contributed by atoms with E-state index in [2.05, 4.69) is 38.3 Å². The Bertz CT molecular complexity index is 511. The summed E-state index contributed by atoms with van der Waals surface area (Å²) in [7, 11) is 2.05. The summed E-state index contributed by atoms with van der Waals surface area (Å²) < 4.78 is 6.02. The van der Waals surface area contributed by atoms with Crippen LogP contribution in [0.2, 0.25) is 0 Å². The van der Waals surface area contributed by atoms with Crippen LogP contribution in [0.25, 0.3) is 5.57 Å². The van der Waals surface area contributed by atoms with E-state index in [1.165, 1.54) is 5.57 Å². The second-order valence-electron chi connectivity index (χ2n) is 4.80. The van der Waals surface area contributed by atoms with Crippen LogP contribution in [0.15, 0.2) is 34.4 Å². The first-order valence-electron chi connectivity index (χ1n) is 6.70. The lowest BCUT2D eigenvalue weighted by atomic mass is 9.97. The quantitative estimate of drug-likeness (QED) is 0.919. The normalized spacial score (nSPS) is 16.1. The molecule has 108 valence electrons. The maximum absolute atomic E-state index is 11.7. The zero-order chi connectivity index (χ0) is 14.5. The Morgan fingerprint density at radius 1 is 1.40 bits per heavy atom. The molecule has 1 aromatic carbocycles. The Morgan fingerprint density at radius 3 is 2.75 bits per heavy atom. The zero-order valence-corrected chi connectivity index (χ0v) is 13.4. The summed E-state index contributed by atoms with van der Waals surface area (Å²) in [5, 5.41) is 2.88. The molecule has 5 heteroatoms. The Kier molecular flexibility index (Phi) is 5.20. The minimum atomic E-state index is -0.382. The Morgan fingerprint density at radius 2 is 2.10 bits per heavy atom. The molecule has 0 saturated heterocycles. The fourth-order valence-corrected chi connectivity index (χ4v) is 2.54. The standard InChI is InChI=1S/C15H19BrN2O2/c1-3-20-15(19)17-14-10-18(2)9-8-13(14)11-4-6-12(16)7-5-11/h4-7H,3,8-10H2,1-2H3,(H,17,19). The third kappa shape index (κ3) is 3.84. The molecule has 4 nitrogen and oxygen atoms in total. The van der Waals surface area contributed by atoms with Gasteiger partial charge in [-0.2, -0.15) is 0 Å². The van der Waals surface area contributed by atoms with Crippen molar-refractivity contribution in [1.82, 2.24) is 10.2 Å². The fourth-order valence-electron chi connectivity index (χ4n) is 2.27. The predicted octanol–water partition coefficient (Wildman–Crippen LogP) is 3.24. The molecular weight excluding hydrogens is 320 g/mol. The molecule has 0 spiro atoms. The van der Waals surface area contributed by atoms with Crippen molar-refractivity contribution in [2.24, 2.45) is 0 Å². The summed E-state index contributed by atoms with van der Waals surface area (Å²) in [4.78, 5) is 13.8. The van der Waals surface area contributed by atoms with E-state index in [0.717, 1.165) is 35.2 Å². The topological polar surface area (TPSA) is 41.6 Å². The van der Waals surface area contributed by atoms with Gasteiger partial charge in [-0.25, -0.2) is 4.79 Å². The van der Waals surface area contributed by atoms with Gasteiger partial charge in [0.2, 0.25) is 0 Å². The lowest BCUT2D eigenvalue weighted by molar-refractivity contribution is 0.154. The van der Waals surface area contributed by atoms with Crippen LogP contribution < -0.4 is 5.32 Å². The molecule has 1 aliphatic rings. The van der Waals surface area contributed by atoms with Gasteiger partial charge in [0.25, 0.3) is 0 Å². The highest BCUT2D eigenvalue weighted by molar-refractivity contribution is 9.10. The van der Waals surface area contributed by atoms with E-state index in [-0.39, 0.29) is 6.09 Å². The maximum Gasteiger partial charge on any atom is 0.411 e. The molecule has 0 aromatic heterocycles. The number of rotatable bonds is 3. The van der Waals surface area contributed by atoms with Crippen molar-refractivity contribution in [2.45, 2.75) is 13.3 Å². The number of carbonyl (C=O) groups excluding carboxylic acids is 1. The van der Waals surface area contributed by atoms with E-state index in [4.69, 9.17) is 4.74 Å². The first-order chi connectivity index (χ1) is 9.60. The van der Waals surface area contributed by atoms with Crippen LogP contribution in [0, 0.1) is 0 Å². The van der Waals surface area contributed by atoms with Crippen molar-refractivity contribution in [3.63, 3.8) is 0 Å². The SMILES string of the molecule is CCOC(=O)NC1=C(c2ccc(Br)cc2)CCN(C)C1. The smallest absolute Gasteiger partial charge is 0.411 e. The highest BCUT2D eigenvalue weighted by Crippen LogP contribution is 2.26. The first-order valence-corrected chi connectivity index (χ1v) is 7.49. The molecule has 1 N–H and O–H groups in total. The molecule has 0 unspecified atom stereocenters. The van der Waals surface area contributed by atoms with Gasteiger partial charge in [-0.15, -0.1) is 0 Å². The van der Waals surface area contributed by atoms with Crippen molar-refractivity contribution in [3.8, 4) is 0 Å². The Balaban J connectivity index is 2.27. The average Bonchev–Trinajstić information content (AvgIpc) is 2.40. The van der Waals surface area contributed by atoms with Gasteiger partial charge in [-0.05, 0) is 43.7 Å². The molecule has 20 heavy (non-hydrogen) atoms. The zero-order valence-electron chi connectivity index (χ0n) is 11.8. The molecule has 0 atom stereocenters. The molecule has 0 fully saturated rings. The summed E-state index contributed by atoms with van der Waals surface area (Å²) in [6, 6.07) is 8.17. The number of amides is 1. The monoisotopic (exact) mass is 338 g/mol. The van der Waals surface area contributed by atoms with Crippen molar-refractivity contribution in [3.05, 3.63) is 40.0 Å². The van der Waals surface area contributed by atoms with E-state index in [0.29, 0.717) is 6.61 Å². The molecule has 1 aliphatic heterocycles. The highest BCUT2D eigenvalue weighted by atomic mass is 79.9. The van der Waals surface area contributed by atoms with Gasteiger partial charge in [-0.3, -0.25) is 5.32 Å². The van der Waals surface area contributed by atoms with Crippen LogP contribution in [0.1, 0.15) is 18.9 Å². The summed E-state index contributed by atoms with van der Waals surface area (Å²) in [6.45, 7) is 3.89. The van der Waals surface area contributed by atoms with Gasteiger partial charge >= 0.3 is 6.09 Å². The lowest BCUT2D eigenvalue weighted by Gasteiger charge is -2.28. The van der Waals surface area contributed by atoms with E-state index in [1.807, 2.05) is 19.2 Å². The minimum absolute atomic E-state index is 0.378. The van der Waals surface area contributed by atoms with E-state index < -0.39 is 0 Å². The maximum atomic E-state index is 11.7. The van der Waals surface area contributed by atoms with Crippen molar-refractivity contribution >= 4 is 27.6 Å². The van der Waals surface area contributed by atoms with Crippen LogP contribution >= 0.6 is 15.9 Å². The number of halogens is 1. The van der Waals surface area contributed by atoms with Gasteiger partial charge < -0.3 is 9.64 Å². The van der Waals surface area contributed by atoms with Crippen LogP contribution in [-0.2, 0) is 4.74 Å². The second-order valence-corrected chi connectivity index (χ2v) is 5.71. The van der Waals surface area contributed by atoms with Crippen LogP contribution in [0.5, 0.6) is 0 Å². The molecule has 0 saturated carbocycles. The molecular formula is C15H19BrN2O2. The van der Waals surface area contributed by atoms with Gasteiger partial charge in [-0.1, -0.05) is 28.1 Å². The molecule has 0 bridgehead atoms. The lowest BCUT2D eigenvalue weighted by Crippen LogP contribution is -2.36. The molecule has 1 heterocycles. The fraction of sp³-hybridized carbons (Fsp3) is 0.400. The number of alkyl carbamates (subject to hydrolysis) is 1. The van der Waals surface area contributed by atoms with E-state index in [1.54, 1.807) is 6.92 Å². The first kappa shape index (κ1) is 15.1. The molecule has 1 aromatic rings. The van der Waals surface area contributed by atoms with Crippen LogP contribution in [-0.4, -0.2) is 37.7 Å². The Hall–Kier alpha value is -1.33. The van der Waals surface area contributed by atoms with Gasteiger partial charge in [0.1, 0.15) is 0 Å². The van der Waals surface area contributed by atoms with Crippen molar-refractivity contribution in [1.29, 1.82) is 0 Å².